The summed E-state index contributed by atoms with van der Waals surface area (Å²) in [7, 11) is -3.82. The molecule has 2 N–H and O–H groups in total. The summed E-state index contributed by atoms with van der Waals surface area (Å²) in [5.74, 6) is -1.81. The molecule has 0 heterocycles. The fraction of sp³-hybridized carbons (Fsp3) is 0.278. The average molecular weight is 396 g/mol. The fourth-order valence-electron chi connectivity index (χ4n) is 2.12. The van der Waals surface area contributed by atoms with E-state index in [4.69, 9.17) is 9.57 Å². The maximum atomic E-state index is 13.1. The summed E-state index contributed by atoms with van der Waals surface area (Å²) in [5, 5.41) is 0. The Morgan fingerprint density at radius 3 is 2.56 bits per heavy atom. The van der Waals surface area contributed by atoms with E-state index in [9.17, 15) is 17.6 Å². The van der Waals surface area contributed by atoms with Gasteiger partial charge in [0.15, 0.2) is 0 Å². The lowest BCUT2D eigenvalue weighted by molar-refractivity contribution is -0.137. The maximum Gasteiger partial charge on any atom is 0.247 e. The Hall–Kier alpha value is -2.65. The zero-order valence-electron chi connectivity index (χ0n) is 14.7. The summed E-state index contributed by atoms with van der Waals surface area (Å²) in [6.07, 6.45) is 0. The van der Waals surface area contributed by atoms with Crippen LogP contribution in [0.3, 0.4) is 0 Å². The number of anilines is 1. The van der Waals surface area contributed by atoms with Crippen LogP contribution in [0.1, 0.15) is 6.92 Å². The lowest BCUT2D eigenvalue weighted by atomic mass is 10.2. The van der Waals surface area contributed by atoms with Crippen LogP contribution in [-0.2, 0) is 19.7 Å². The largest absolute Gasteiger partial charge is 0.491 e. The number of carbonyl (C=O) groups excluding carboxylic acids is 1. The van der Waals surface area contributed by atoms with Gasteiger partial charge in [-0.15, -0.1) is 0 Å². The quantitative estimate of drug-likeness (QED) is 0.475. The number of amides is 1. The van der Waals surface area contributed by atoms with Crippen LogP contribution in [0.15, 0.2) is 54.6 Å². The molecule has 7 nitrogen and oxygen atoms in total. The lowest BCUT2D eigenvalue weighted by Crippen LogP contribution is -2.35. The summed E-state index contributed by atoms with van der Waals surface area (Å²) in [4.78, 5) is 16.9. The van der Waals surface area contributed by atoms with Crippen molar-refractivity contribution in [2.45, 2.75) is 6.92 Å². The van der Waals surface area contributed by atoms with Gasteiger partial charge < -0.3 is 4.74 Å². The number of para-hydroxylation sites is 1. The zero-order valence-corrected chi connectivity index (χ0v) is 15.5. The number of nitrogens with one attached hydrogen (secondary N) is 2. The summed E-state index contributed by atoms with van der Waals surface area (Å²) >= 11 is 0. The Morgan fingerprint density at radius 2 is 1.85 bits per heavy atom. The first kappa shape index (κ1) is 20.7. The highest BCUT2D eigenvalue weighted by Gasteiger charge is 2.22. The van der Waals surface area contributed by atoms with Gasteiger partial charge in [-0.25, -0.2) is 18.3 Å². The van der Waals surface area contributed by atoms with Crippen molar-refractivity contribution in [1.29, 1.82) is 0 Å². The van der Waals surface area contributed by atoms with Crippen LogP contribution in [0, 0.1) is 11.7 Å². The fourth-order valence-corrected chi connectivity index (χ4v) is 3.50. The number of rotatable bonds is 10. The van der Waals surface area contributed by atoms with E-state index in [1.807, 2.05) is 18.2 Å². The molecule has 27 heavy (non-hydrogen) atoms. The molecule has 1 atom stereocenters. The first-order valence-electron chi connectivity index (χ1n) is 8.21. The molecule has 9 heteroatoms. The molecule has 1 unspecified atom stereocenters. The molecule has 0 spiro atoms. The molecule has 2 aromatic rings. The Bertz CT molecular complexity index is 846. The normalized spacial score (nSPS) is 12.2. The van der Waals surface area contributed by atoms with Crippen molar-refractivity contribution in [1.82, 2.24) is 5.48 Å². The summed E-state index contributed by atoms with van der Waals surface area (Å²) in [6, 6.07) is 14.2. The summed E-state index contributed by atoms with van der Waals surface area (Å²) in [5.41, 5.74) is 2.29. The molecular formula is C18H21FN2O5S. The van der Waals surface area contributed by atoms with Crippen molar-refractivity contribution in [2.75, 3.05) is 23.7 Å². The van der Waals surface area contributed by atoms with Gasteiger partial charge in [0.25, 0.3) is 0 Å². The maximum absolute atomic E-state index is 13.1. The van der Waals surface area contributed by atoms with Gasteiger partial charge in [-0.3, -0.25) is 14.4 Å². The first-order chi connectivity index (χ1) is 12.9. The molecule has 146 valence electrons. The highest BCUT2D eigenvalue weighted by Crippen LogP contribution is 2.13. The van der Waals surface area contributed by atoms with Crippen molar-refractivity contribution in [2.24, 2.45) is 5.92 Å². The standard InChI is InChI=1S/C18H21FN2O5S/c1-14(13-27(23,24)21-16-7-5-6-15(19)12-16)18(22)20-26-11-10-25-17-8-3-2-4-9-17/h2-9,12,14,21H,10-11,13H2,1H3,(H,20,22). The Kier molecular flexibility index (Phi) is 7.56. The second-order valence-corrected chi connectivity index (χ2v) is 7.54. The van der Waals surface area contributed by atoms with E-state index in [1.165, 1.54) is 25.1 Å². The van der Waals surface area contributed by atoms with Crippen LogP contribution in [-0.4, -0.2) is 33.3 Å². The third-order valence-electron chi connectivity index (χ3n) is 3.39. The molecule has 0 bridgehead atoms. The van der Waals surface area contributed by atoms with E-state index in [2.05, 4.69) is 10.2 Å². The van der Waals surface area contributed by atoms with Crippen LogP contribution >= 0.6 is 0 Å². The molecule has 2 rings (SSSR count). The molecule has 0 saturated carbocycles. The number of carbonyl (C=O) groups is 1. The molecule has 2 aromatic carbocycles. The van der Waals surface area contributed by atoms with Gasteiger partial charge in [-0.1, -0.05) is 31.2 Å². The zero-order chi connectivity index (χ0) is 19.7. The van der Waals surface area contributed by atoms with Gasteiger partial charge in [0.1, 0.15) is 24.8 Å². The lowest BCUT2D eigenvalue weighted by Gasteiger charge is -2.14. The smallest absolute Gasteiger partial charge is 0.247 e. The average Bonchev–Trinajstić information content (AvgIpc) is 2.61. The third-order valence-corrected chi connectivity index (χ3v) is 4.87. The van der Waals surface area contributed by atoms with Crippen molar-refractivity contribution in [3.63, 3.8) is 0 Å². The van der Waals surface area contributed by atoms with E-state index >= 15 is 0 Å². The first-order valence-corrected chi connectivity index (χ1v) is 9.86. The van der Waals surface area contributed by atoms with Gasteiger partial charge >= 0.3 is 0 Å². The summed E-state index contributed by atoms with van der Waals surface area (Å²) in [6.45, 7) is 1.77. The highest BCUT2D eigenvalue weighted by atomic mass is 32.2. The Morgan fingerprint density at radius 1 is 1.11 bits per heavy atom. The van der Waals surface area contributed by atoms with Crippen LogP contribution in [0.2, 0.25) is 0 Å². The number of ether oxygens (including phenoxy) is 1. The second-order valence-electron chi connectivity index (χ2n) is 5.77. The monoisotopic (exact) mass is 396 g/mol. The summed E-state index contributed by atoms with van der Waals surface area (Å²) < 4.78 is 44.9. The highest BCUT2D eigenvalue weighted by molar-refractivity contribution is 7.92. The van der Waals surface area contributed by atoms with Crippen molar-refractivity contribution < 1.29 is 27.2 Å². The predicted octanol–water partition coefficient (Wildman–Crippen LogP) is 2.33. The topological polar surface area (TPSA) is 93.7 Å². The predicted molar refractivity (Wildman–Crippen MR) is 99.0 cm³/mol. The van der Waals surface area contributed by atoms with Crippen LogP contribution < -0.4 is 14.9 Å². The molecule has 0 aliphatic rings. The molecular weight excluding hydrogens is 375 g/mol. The SMILES string of the molecule is CC(CS(=O)(=O)Nc1cccc(F)c1)C(=O)NOCCOc1ccccc1. The number of halogens is 1. The molecule has 1 amide bonds. The van der Waals surface area contributed by atoms with Crippen molar-refractivity contribution in [3.8, 4) is 5.75 Å². The minimum Gasteiger partial charge on any atom is -0.491 e. The minimum atomic E-state index is -3.82. The third kappa shape index (κ3) is 7.63. The van der Waals surface area contributed by atoms with E-state index in [0.29, 0.717) is 5.75 Å². The Labute approximate surface area is 157 Å². The number of benzene rings is 2. The van der Waals surface area contributed by atoms with E-state index < -0.39 is 33.4 Å². The van der Waals surface area contributed by atoms with Crippen LogP contribution in [0.5, 0.6) is 5.75 Å². The molecule has 0 aliphatic carbocycles. The number of hydrogen-bond donors (Lipinski definition) is 2. The van der Waals surface area contributed by atoms with E-state index in [-0.39, 0.29) is 18.9 Å². The molecule has 0 radical (unpaired) electrons. The van der Waals surface area contributed by atoms with Gasteiger partial charge in [-0.2, -0.15) is 0 Å². The molecule has 0 saturated heterocycles. The van der Waals surface area contributed by atoms with Crippen LogP contribution in [0.25, 0.3) is 0 Å². The van der Waals surface area contributed by atoms with Gasteiger partial charge in [0.05, 0.1) is 17.4 Å². The van der Waals surface area contributed by atoms with Gasteiger partial charge in [0, 0.05) is 0 Å². The minimum absolute atomic E-state index is 0.0944. The number of hydrogen-bond acceptors (Lipinski definition) is 5. The number of sulfonamides is 1. The Balaban J connectivity index is 1.71. The van der Waals surface area contributed by atoms with E-state index in [0.717, 1.165) is 6.07 Å². The van der Waals surface area contributed by atoms with Crippen molar-refractivity contribution >= 4 is 21.6 Å². The number of hydroxylamine groups is 1. The molecule has 0 aromatic heterocycles. The second kappa shape index (κ2) is 9.89. The van der Waals surface area contributed by atoms with E-state index in [1.54, 1.807) is 12.1 Å². The van der Waals surface area contributed by atoms with Crippen LogP contribution in [0.4, 0.5) is 10.1 Å². The van der Waals surface area contributed by atoms with Crippen molar-refractivity contribution in [3.05, 3.63) is 60.4 Å². The molecule has 0 aliphatic heterocycles. The van der Waals surface area contributed by atoms with Gasteiger partial charge in [0.2, 0.25) is 15.9 Å². The van der Waals surface area contributed by atoms with Gasteiger partial charge in [-0.05, 0) is 30.3 Å². The molecule has 0 fully saturated rings.